The molecule has 0 heterocycles. The van der Waals surface area contributed by atoms with Crippen LogP contribution in [0.1, 0.15) is 65.7 Å². The summed E-state index contributed by atoms with van der Waals surface area (Å²) in [6.45, 7) is 7.26. The van der Waals surface area contributed by atoms with Crippen LogP contribution >= 0.6 is 0 Å². The van der Waals surface area contributed by atoms with Gasteiger partial charge in [-0.2, -0.15) is 0 Å². The molecule has 2 saturated carbocycles. The molecule has 0 aromatic carbocycles. The molecule has 2 rings (SSSR count). The summed E-state index contributed by atoms with van der Waals surface area (Å²) in [6.07, 6.45) is 7.29. The maximum atomic E-state index is 10.6. The fraction of sp³-hybridized carbons (Fsp3) is 1.00. The Hall–Kier alpha value is -0.0800. The Kier molecular flexibility index (Phi) is 3.33. The topological polar surface area (TPSA) is 40.5 Å². The van der Waals surface area contributed by atoms with Crippen LogP contribution in [0, 0.1) is 16.7 Å². The monoisotopic (exact) mass is 240 g/mol. The van der Waals surface area contributed by atoms with Crippen LogP contribution in [0.25, 0.3) is 0 Å². The maximum absolute atomic E-state index is 10.6. The highest BCUT2D eigenvalue weighted by Crippen LogP contribution is 2.59. The number of aliphatic hydroxyl groups excluding tert-OH is 1. The fourth-order valence-corrected chi connectivity index (χ4v) is 4.87. The van der Waals surface area contributed by atoms with E-state index in [0.29, 0.717) is 11.8 Å². The van der Waals surface area contributed by atoms with Crippen molar-refractivity contribution in [2.24, 2.45) is 16.7 Å². The van der Waals surface area contributed by atoms with Gasteiger partial charge < -0.3 is 10.2 Å². The molecular weight excluding hydrogens is 212 g/mol. The first-order chi connectivity index (χ1) is 7.81. The largest absolute Gasteiger partial charge is 0.396 e. The SMILES string of the molecule is CC1(C)CCC[C@]2(C)C[C@@](O)(CCO)CC[C@@H]12. The van der Waals surface area contributed by atoms with Gasteiger partial charge in [0.2, 0.25) is 0 Å². The Bertz CT molecular complexity index is 287. The van der Waals surface area contributed by atoms with Gasteiger partial charge in [0.1, 0.15) is 0 Å². The molecule has 0 aromatic rings. The molecule has 2 aliphatic rings. The Morgan fingerprint density at radius 1 is 1.12 bits per heavy atom. The van der Waals surface area contributed by atoms with Gasteiger partial charge in [0.25, 0.3) is 0 Å². The lowest BCUT2D eigenvalue weighted by Crippen LogP contribution is -2.51. The second-order valence-corrected chi connectivity index (χ2v) is 7.46. The van der Waals surface area contributed by atoms with Gasteiger partial charge in [-0.25, -0.2) is 0 Å². The molecule has 2 heteroatoms. The molecule has 17 heavy (non-hydrogen) atoms. The van der Waals surface area contributed by atoms with Gasteiger partial charge in [0, 0.05) is 6.61 Å². The van der Waals surface area contributed by atoms with E-state index in [1.165, 1.54) is 19.3 Å². The van der Waals surface area contributed by atoms with E-state index < -0.39 is 5.60 Å². The first-order valence-corrected chi connectivity index (χ1v) is 7.15. The summed E-state index contributed by atoms with van der Waals surface area (Å²) in [7, 11) is 0. The normalized spacial score (nSPS) is 45.4. The van der Waals surface area contributed by atoms with Crippen molar-refractivity contribution in [1.82, 2.24) is 0 Å². The van der Waals surface area contributed by atoms with Crippen molar-refractivity contribution >= 4 is 0 Å². The molecule has 3 atom stereocenters. The highest BCUT2D eigenvalue weighted by atomic mass is 16.3. The zero-order valence-electron chi connectivity index (χ0n) is 11.6. The highest BCUT2D eigenvalue weighted by Gasteiger charge is 2.52. The summed E-state index contributed by atoms with van der Waals surface area (Å²) in [5.41, 5.74) is 0.102. The van der Waals surface area contributed by atoms with Gasteiger partial charge in [-0.3, -0.25) is 0 Å². The van der Waals surface area contributed by atoms with Crippen LogP contribution in [0.5, 0.6) is 0 Å². The summed E-state index contributed by atoms with van der Waals surface area (Å²) >= 11 is 0. The molecule has 0 amide bonds. The van der Waals surface area contributed by atoms with Gasteiger partial charge in [-0.05, 0) is 55.3 Å². The third-order valence-corrected chi connectivity index (χ3v) is 5.56. The lowest BCUT2D eigenvalue weighted by molar-refractivity contribution is -0.128. The van der Waals surface area contributed by atoms with Crippen LogP contribution in [0.4, 0.5) is 0 Å². The summed E-state index contributed by atoms with van der Waals surface area (Å²) in [5, 5.41) is 19.7. The molecule has 100 valence electrons. The Balaban J connectivity index is 2.18. The van der Waals surface area contributed by atoms with E-state index in [9.17, 15) is 5.11 Å². The summed E-state index contributed by atoms with van der Waals surface area (Å²) in [4.78, 5) is 0. The molecule has 0 aromatic heterocycles. The number of fused-ring (bicyclic) bond motifs is 1. The van der Waals surface area contributed by atoms with Crippen molar-refractivity contribution < 1.29 is 10.2 Å². The smallest absolute Gasteiger partial charge is 0.0675 e. The summed E-state index contributed by atoms with van der Waals surface area (Å²) in [6, 6.07) is 0. The molecule has 0 saturated heterocycles. The van der Waals surface area contributed by atoms with Crippen molar-refractivity contribution in [3.63, 3.8) is 0 Å². The van der Waals surface area contributed by atoms with E-state index in [1.54, 1.807) is 0 Å². The van der Waals surface area contributed by atoms with Gasteiger partial charge >= 0.3 is 0 Å². The average Bonchev–Trinajstić information content (AvgIpc) is 2.14. The van der Waals surface area contributed by atoms with Crippen molar-refractivity contribution in [3.05, 3.63) is 0 Å². The zero-order valence-corrected chi connectivity index (χ0v) is 11.6. The molecule has 0 spiro atoms. The van der Waals surface area contributed by atoms with E-state index >= 15 is 0 Å². The van der Waals surface area contributed by atoms with Crippen LogP contribution in [-0.2, 0) is 0 Å². The summed E-state index contributed by atoms with van der Waals surface area (Å²) < 4.78 is 0. The lowest BCUT2D eigenvalue weighted by Gasteiger charge is -2.57. The van der Waals surface area contributed by atoms with E-state index in [1.807, 2.05) is 0 Å². The third kappa shape index (κ3) is 2.39. The van der Waals surface area contributed by atoms with Gasteiger partial charge in [-0.1, -0.05) is 27.2 Å². The molecule has 0 radical (unpaired) electrons. The minimum absolute atomic E-state index is 0.112. The van der Waals surface area contributed by atoms with Crippen molar-refractivity contribution in [2.75, 3.05) is 6.61 Å². The fourth-order valence-electron chi connectivity index (χ4n) is 4.87. The van der Waals surface area contributed by atoms with Crippen molar-refractivity contribution in [1.29, 1.82) is 0 Å². The van der Waals surface area contributed by atoms with Crippen molar-refractivity contribution in [3.8, 4) is 0 Å². The van der Waals surface area contributed by atoms with Gasteiger partial charge in [-0.15, -0.1) is 0 Å². The molecular formula is C15H28O2. The van der Waals surface area contributed by atoms with E-state index in [-0.39, 0.29) is 12.0 Å². The molecule has 0 bridgehead atoms. The van der Waals surface area contributed by atoms with Crippen molar-refractivity contribution in [2.45, 2.75) is 71.3 Å². The van der Waals surface area contributed by atoms with Gasteiger partial charge in [0.15, 0.2) is 0 Å². The molecule has 2 aliphatic carbocycles. The predicted molar refractivity (Wildman–Crippen MR) is 69.7 cm³/mol. The molecule has 0 unspecified atom stereocenters. The average molecular weight is 240 g/mol. The lowest BCUT2D eigenvalue weighted by atomic mass is 9.49. The highest BCUT2D eigenvalue weighted by molar-refractivity contribution is 5.03. The Morgan fingerprint density at radius 3 is 2.47 bits per heavy atom. The van der Waals surface area contributed by atoms with Crippen LogP contribution < -0.4 is 0 Å². The van der Waals surface area contributed by atoms with Gasteiger partial charge in [0.05, 0.1) is 5.60 Å². The second-order valence-electron chi connectivity index (χ2n) is 7.46. The first-order valence-electron chi connectivity index (χ1n) is 7.15. The van der Waals surface area contributed by atoms with E-state index in [2.05, 4.69) is 20.8 Å². The number of aliphatic hydroxyl groups is 2. The Morgan fingerprint density at radius 2 is 1.82 bits per heavy atom. The van der Waals surface area contributed by atoms with Crippen LogP contribution in [0.2, 0.25) is 0 Å². The number of rotatable bonds is 2. The Labute approximate surface area is 105 Å². The molecule has 0 aliphatic heterocycles. The minimum Gasteiger partial charge on any atom is -0.396 e. The molecule has 2 N–H and O–H groups in total. The first kappa shape index (κ1) is 13.4. The van der Waals surface area contributed by atoms with Crippen LogP contribution in [-0.4, -0.2) is 22.4 Å². The van der Waals surface area contributed by atoms with E-state index in [4.69, 9.17) is 5.11 Å². The third-order valence-electron chi connectivity index (χ3n) is 5.56. The summed E-state index contributed by atoms with van der Waals surface area (Å²) in [5.74, 6) is 0.739. The minimum atomic E-state index is -0.604. The standard InChI is InChI=1S/C15H28O2/c1-13(2)6-4-7-14(3)11-15(17,9-10-16)8-5-12(13)14/h12,16-17H,4-11H2,1-3H3/t12-,14+,15-/m0/s1. The predicted octanol–water partition coefficient (Wildman–Crippen LogP) is 3.12. The molecule has 2 fully saturated rings. The zero-order chi connectivity index (χ0) is 12.7. The number of hydrogen-bond acceptors (Lipinski definition) is 2. The number of hydrogen-bond donors (Lipinski definition) is 2. The molecule has 2 nitrogen and oxygen atoms in total. The quantitative estimate of drug-likeness (QED) is 0.778. The van der Waals surface area contributed by atoms with Crippen LogP contribution in [0.3, 0.4) is 0 Å². The van der Waals surface area contributed by atoms with E-state index in [0.717, 1.165) is 25.2 Å². The second kappa shape index (κ2) is 4.24. The van der Waals surface area contributed by atoms with Crippen LogP contribution in [0.15, 0.2) is 0 Å². The maximum Gasteiger partial charge on any atom is 0.0675 e.